The number of nitrogens with one attached hydrogen (secondary N) is 1. The Morgan fingerprint density at radius 1 is 1.30 bits per heavy atom. The van der Waals surface area contributed by atoms with E-state index in [2.05, 4.69) is 5.32 Å². The van der Waals surface area contributed by atoms with Crippen LogP contribution in [0.15, 0.2) is 18.2 Å². The van der Waals surface area contributed by atoms with Gasteiger partial charge < -0.3 is 10.2 Å². The van der Waals surface area contributed by atoms with Crippen LogP contribution in [0.3, 0.4) is 0 Å². The van der Waals surface area contributed by atoms with Crippen molar-refractivity contribution in [3.05, 3.63) is 34.9 Å². The average molecular weight is 316 g/mol. The Morgan fingerprint density at radius 2 is 2.04 bits per heavy atom. The van der Waals surface area contributed by atoms with E-state index in [1.165, 1.54) is 0 Å². The lowest BCUT2D eigenvalue weighted by atomic mass is 9.96. The van der Waals surface area contributed by atoms with Crippen LogP contribution in [-0.2, 0) is 4.79 Å². The molecule has 1 aliphatic heterocycles. The highest BCUT2D eigenvalue weighted by Crippen LogP contribution is 2.21. The highest BCUT2D eigenvalue weighted by atomic mass is 16.2. The molecule has 4 heteroatoms. The molecule has 1 saturated heterocycles. The molecule has 0 bridgehead atoms. The molecule has 1 N–H and O–H groups in total. The monoisotopic (exact) mass is 316 g/mol. The minimum atomic E-state index is 0.00580. The number of nitrogens with zero attached hydrogens (tertiary/aromatic N) is 1. The summed E-state index contributed by atoms with van der Waals surface area (Å²) in [5, 5.41) is 2.99. The first-order valence-corrected chi connectivity index (χ1v) is 8.53. The number of carbonyl (C=O) groups is 2. The molecule has 0 aromatic heterocycles. The van der Waals surface area contributed by atoms with Gasteiger partial charge in [0.15, 0.2) is 0 Å². The van der Waals surface area contributed by atoms with E-state index < -0.39 is 0 Å². The highest BCUT2D eigenvalue weighted by Gasteiger charge is 2.25. The summed E-state index contributed by atoms with van der Waals surface area (Å²) >= 11 is 0. The maximum Gasteiger partial charge on any atom is 0.254 e. The lowest BCUT2D eigenvalue weighted by molar-refractivity contribution is -0.124. The number of aryl methyl sites for hydroxylation is 1. The number of carbonyl (C=O) groups excluding carboxylic acids is 2. The van der Waals surface area contributed by atoms with Crippen molar-refractivity contribution >= 4 is 11.8 Å². The van der Waals surface area contributed by atoms with Crippen LogP contribution in [0.2, 0.25) is 0 Å². The SMILES string of the molecule is Cc1cccc(C(=O)N2CCC[C@H](CNC(=O)C(C)C)C2)c1C. The topological polar surface area (TPSA) is 49.4 Å². The average Bonchev–Trinajstić information content (AvgIpc) is 2.54. The maximum absolute atomic E-state index is 12.8. The number of likely N-dealkylation sites (tertiary alicyclic amines) is 1. The molecule has 0 unspecified atom stereocenters. The molecule has 2 amide bonds. The molecule has 1 atom stereocenters. The Labute approximate surface area is 139 Å². The molecule has 0 radical (unpaired) electrons. The molecule has 1 aromatic carbocycles. The summed E-state index contributed by atoms with van der Waals surface area (Å²) in [5.74, 6) is 0.556. The largest absolute Gasteiger partial charge is 0.356 e. The third-order valence-corrected chi connectivity index (χ3v) is 4.73. The van der Waals surface area contributed by atoms with Crippen molar-refractivity contribution in [1.29, 1.82) is 0 Å². The first kappa shape index (κ1) is 17.5. The highest BCUT2D eigenvalue weighted by molar-refractivity contribution is 5.96. The molecular formula is C19H28N2O2. The molecule has 2 rings (SSSR count). The zero-order chi connectivity index (χ0) is 17.0. The van der Waals surface area contributed by atoms with E-state index in [4.69, 9.17) is 0 Å². The number of rotatable bonds is 4. The van der Waals surface area contributed by atoms with Gasteiger partial charge in [0.1, 0.15) is 0 Å². The molecule has 1 heterocycles. The lowest BCUT2D eigenvalue weighted by Gasteiger charge is -2.33. The zero-order valence-corrected chi connectivity index (χ0v) is 14.7. The molecule has 0 saturated carbocycles. The second-order valence-electron chi connectivity index (χ2n) is 6.91. The van der Waals surface area contributed by atoms with Gasteiger partial charge in [-0.2, -0.15) is 0 Å². The first-order chi connectivity index (χ1) is 10.9. The zero-order valence-electron chi connectivity index (χ0n) is 14.7. The van der Waals surface area contributed by atoms with Crippen LogP contribution >= 0.6 is 0 Å². The van der Waals surface area contributed by atoms with Crippen molar-refractivity contribution in [3.8, 4) is 0 Å². The number of hydrogen-bond acceptors (Lipinski definition) is 2. The molecular weight excluding hydrogens is 288 g/mol. The van der Waals surface area contributed by atoms with E-state index in [9.17, 15) is 9.59 Å². The molecule has 1 fully saturated rings. The summed E-state index contributed by atoms with van der Waals surface area (Å²) in [5.41, 5.74) is 3.01. The Bertz CT molecular complexity index is 581. The molecule has 0 spiro atoms. The van der Waals surface area contributed by atoms with E-state index in [0.29, 0.717) is 12.5 Å². The van der Waals surface area contributed by atoms with Crippen LogP contribution in [0, 0.1) is 25.7 Å². The summed E-state index contributed by atoms with van der Waals surface area (Å²) < 4.78 is 0. The summed E-state index contributed by atoms with van der Waals surface area (Å²) in [7, 11) is 0. The number of amides is 2. The third-order valence-electron chi connectivity index (χ3n) is 4.73. The molecule has 4 nitrogen and oxygen atoms in total. The quantitative estimate of drug-likeness (QED) is 0.928. The summed E-state index contributed by atoms with van der Waals surface area (Å²) in [6, 6.07) is 5.89. The van der Waals surface area contributed by atoms with Crippen LogP contribution in [0.25, 0.3) is 0 Å². The Hall–Kier alpha value is -1.84. The normalized spacial score (nSPS) is 18.1. The molecule has 23 heavy (non-hydrogen) atoms. The number of benzene rings is 1. The van der Waals surface area contributed by atoms with Crippen LogP contribution < -0.4 is 5.32 Å². The number of piperidine rings is 1. The minimum absolute atomic E-state index is 0.00580. The van der Waals surface area contributed by atoms with E-state index in [0.717, 1.165) is 42.6 Å². The van der Waals surface area contributed by atoms with E-state index >= 15 is 0 Å². The Morgan fingerprint density at radius 3 is 2.74 bits per heavy atom. The van der Waals surface area contributed by atoms with Gasteiger partial charge in [0.05, 0.1) is 0 Å². The molecule has 126 valence electrons. The van der Waals surface area contributed by atoms with Crippen LogP contribution in [0.5, 0.6) is 0 Å². The maximum atomic E-state index is 12.8. The predicted octanol–water partition coefficient (Wildman–Crippen LogP) is 2.93. The molecule has 0 aliphatic carbocycles. The lowest BCUT2D eigenvalue weighted by Crippen LogP contribution is -2.44. The van der Waals surface area contributed by atoms with Crippen LogP contribution in [0.4, 0.5) is 0 Å². The fourth-order valence-electron chi connectivity index (χ4n) is 3.02. The van der Waals surface area contributed by atoms with Crippen LogP contribution in [-0.4, -0.2) is 36.3 Å². The predicted molar refractivity (Wildman–Crippen MR) is 92.4 cm³/mol. The van der Waals surface area contributed by atoms with E-state index in [1.807, 2.05) is 50.8 Å². The summed E-state index contributed by atoms with van der Waals surface area (Å²) in [6.07, 6.45) is 2.06. The van der Waals surface area contributed by atoms with Crippen molar-refractivity contribution in [3.63, 3.8) is 0 Å². The first-order valence-electron chi connectivity index (χ1n) is 8.53. The molecule has 1 aliphatic rings. The van der Waals surface area contributed by atoms with Crippen molar-refractivity contribution in [2.45, 2.75) is 40.5 Å². The van der Waals surface area contributed by atoms with E-state index in [-0.39, 0.29) is 17.7 Å². The Balaban J connectivity index is 1.99. The van der Waals surface area contributed by atoms with Gasteiger partial charge in [0.25, 0.3) is 5.91 Å². The van der Waals surface area contributed by atoms with Gasteiger partial charge in [-0.05, 0) is 49.8 Å². The van der Waals surface area contributed by atoms with Crippen molar-refractivity contribution in [2.75, 3.05) is 19.6 Å². The van der Waals surface area contributed by atoms with Gasteiger partial charge in [0, 0.05) is 31.1 Å². The van der Waals surface area contributed by atoms with E-state index in [1.54, 1.807) is 0 Å². The minimum Gasteiger partial charge on any atom is -0.356 e. The second-order valence-corrected chi connectivity index (χ2v) is 6.91. The third kappa shape index (κ3) is 4.34. The van der Waals surface area contributed by atoms with Gasteiger partial charge >= 0.3 is 0 Å². The van der Waals surface area contributed by atoms with Crippen molar-refractivity contribution < 1.29 is 9.59 Å². The van der Waals surface area contributed by atoms with Gasteiger partial charge in [0.2, 0.25) is 5.91 Å². The standard InChI is InChI=1S/C19H28N2O2/c1-13(2)18(22)20-11-16-8-6-10-21(12-16)19(23)17-9-5-7-14(3)15(17)4/h5,7,9,13,16H,6,8,10-12H2,1-4H3,(H,20,22)/t16-/m1/s1. The number of hydrogen-bond donors (Lipinski definition) is 1. The second kappa shape index (κ2) is 7.62. The fourth-order valence-corrected chi connectivity index (χ4v) is 3.02. The van der Waals surface area contributed by atoms with Crippen molar-refractivity contribution in [1.82, 2.24) is 10.2 Å². The van der Waals surface area contributed by atoms with Crippen molar-refractivity contribution in [2.24, 2.45) is 11.8 Å². The Kier molecular flexibility index (Phi) is 5.80. The summed E-state index contributed by atoms with van der Waals surface area (Å²) in [6.45, 7) is 10.0. The van der Waals surface area contributed by atoms with Gasteiger partial charge in [-0.1, -0.05) is 26.0 Å². The van der Waals surface area contributed by atoms with Gasteiger partial charge in [-0.3, -0.25) is 9.59 Å². The van der Waals surface area contributed by atoms with Gasteiger partial charge in [-0.15, -0.1) is 0 Å². The molecule has 1 aromatic rings. The summed E-state index contributed by atoms with van der Waals surface area (Å²) in [4.78, 5) is 26.5. The van der Waals surface area contributed by atoms with Crippen LogP contribution in [0.1, 0.15) is 48.2 Å². The van der Waals surface area contributed by atoms with Gasteiger partial charge in [-0.25, -0.2) is 0 Å². The smallest absolute Gasteiger partial charge is 0.254 e. The fraction of sp³-hybridized carbons (Fsp3) is 0.579.